The van der Waals surface area contributed by atoms with E-state index in [0.717, 1.165) is 19.7 Å². The van der Waals surface area contributed by atoms with Crippen LogP contribution in [-0.4, -0.2) is 36.2 Å². The van der Waals surface area contributed by atoms with Crippen LogP contribution in [0.3, 0.4) is 0 Å². The molecule has 0 aliphatic carbocycles. The minimum Gasteiger partial charge on any atom is -0.373 e. The van der Waals surface area contributed by atoms with Crippen molar-refractivity contribution >= 4 is 0 Å². The topological polar surface area (TPSA) is 38.5 Å². The van der Waals surface area contributed by atoms with Gasteiger partial charge in [0.05, 0.1) is 18.2 Å². The number of morpholine rings is 1. The molecular weight excluding hydrogens is 236 g/mol. The largest absolute Gasteiger partial charge is 0.373 e. The van der Waals surface area contributed by atoms with Gasteiger partial charge in [-0.2, -0.15) is 0 Å². The van der Waals surface area contributed by atoms with Gasteiger partial charge in [-0.05, 0) is 38.8 Å². The van der Waals surface area contributed by atoms with E-state index >= 15 is 0 Å². The molecule has 1 aromatic rings. The Labute approximate surface area is 116 Å². The number of ether oxygens (including phenoxy) is 1. The van der Waals surface area contributed by atoms with E-state index in [4.69, 9.17) is 10.5 Å². The van der Waals surface area contributed by atoms with Crippen molar-refractivity contribution in [3.8, 4) is 0 Å². The first-order valence-corrected chi connectivity index (χ1v) is 7.10. The molecule has 1 saturated heterocycles. The minimum absolute atomic E-state index is 0.0892. The molecule has 1 aliphatic heterocycles. The standard InChI is InChI=1S/C16H26N2O/c1-12-7-5-6-8-14(12)15(13(2)17)18-9-10-19-16(3,4)11-18/h5-8,13,15H,9-11,17H2,1-4H3. The summed E-state index contributed by atoms with van der Waals surface area (Å²) in [5, 5.41) is 0. The Balaban J connectivity index is 2.28. The van der Waals surface area contributed by atoms with Gasteiger partial charge in [-0.3, -0.25) is 4.90 Å². The lowest BCUT2D eigenvalue weighted by molar-refractivity contribution is -0.0996. The quantitative estimate of drug-likeness (QED) is 0.909. The predicted molar refractivity (Wildman–Crippen MR) is 79.2 cm³/mol. The monoisotopic (exact) mass is 262 g/mol. The van der Waals surface area contributed by atoms with Gasteiger partial charge in [0, 0.05) is 19.1 Å². The SMILES string of the molecule is Cc1ccccc1C(C(C)N)N1CCOC(C)(C)C1. The van der Waals surface area contributed by atoms with Gasteiger partial charge in [-0.1, -0.05) is 24.3 Å². The molecule has 1 aliphatic rings. The lowest BCUT2D eigenvalue weighted by Crippen LogP contribution is -2.52. The summed E-state index contributed by atoms with van der Waals surface area (Å²) in [6, 6.07) is 8.92. The van der Waals surface area contributed by atoms with Gasteiger partial charge in [0.15, 0.2) is 0 Å². The molecule has 106 valence electrons. The lowest BCUT2D eigenvalue weighted by atomic mass is 9.93. The smallest absolute Gasteiger partial charge is 0.0753 e. The highest BCUT2D eigenvalue weighted by Gasteiger charge is 2.33. The third kappa shape index (κ3) is 3.35. The lowest BCUT2D eigenvalue weighted by Gasteiger charge is -2.44. The summed E-state index contributed by atoms with van der Waals surface area (Å²) >= 11 is 0. The molecule has 2 N–H and O–H groups in total. The number of nitrogens with zero attached hydrogens (tertiary/aromatic N) is 1. The summed E-state index contributed by atoms with van der Waals surface area (Å²) in [6.45, 7) is 11.2. The van der Waals surface area contributed by atoms with Gasteiger partial charge in [-0.25, -0.2) is 0 Å². The highest BCUT2D eigenvalue weighted by atomic mass is 16.5. The molecular formula is C16H26N2O. The zero-order chi connectivity index (χ0) is 14.0. The number of nitrogens with two attached hydrogens (primary N) is 1. The number of hydrogen-bond acceptors (Lipinski definition) is 3. The van der Waals surface area contributed by atoms with Crippen LogP contribution < -0.4 is 5.73 Å². The summed E-state index contributed by atoms with van der Waals surface area (Å²) in [7, 11) is 0. The van der Waals surface area contributed by atoms with E-state index in [1.165, 1.54) is 11.1 Å². The van der Waals surface area contributed by atoms with E-state index in [-0.39, 0.29) is 17.7 Å². The first kappa shape index (κ1) is 14.5. The molecule has 0 bridgehead atoms. The molecule has 3 nitrogen and oxygen atoms in total. The highest BCUT2D eigenvalue weighted by molar-refractivity contribution is 5.30. The van der Waals surface area contributed by atoms with Crippen LogP contribution in [0, 0.1) is 6.92 Å². The second kappa shape index (κ2) is 5.61. The molecule has 1 aromatic carbocycles. The summed E-state index contributed by atoms with van der Waals surface area (Å²) in [5.41, 5.74) is 8.84. The molecule has 2 rings (SSSR count). The van der Waals surface area contributed by atoms with Crippen molar-refractivity contribution < 1.29 is 4.74 Å². The first-order chi connectivity index (χ1) is 8.91. The molecule has 19 heavy (non-hydrogen) atoms. The van der Waals surface area contributed by atoms with Gasteiger partial charge in [-0.15, -0.1) is 0 Å². The zero-order valence-electron chi connectivity index (χ0n) is 12.5. The van der Waals surface area contributed by atoms with Crippen LogP contribution in [0.2, 0.25) is 0 Å². The molecule has 2 unspecified atom stereocenters. The van der Waals surface area contributed by atoms with E-state index in [2.05, 4.69) is 56.9 Å². The van der Waals surface area contributed by atoms with E-state index in [9.17, 15) is 0 Å². The Kier molecular flexibility index (Phi) is 4.29. The second-order valence-corrected chi connectivity index (χ2v) is 6.24. The third-order valence-corrected chi connectivity index (χ3v) is 3.85. The highest BCUT2D eigenvalue weighted by Crippen LogP contribution is 2.30. The maximum Gasteiger partial charge on any atom is 0.0753 e. The zero-order valence-corrected chi connectivity index (χ0v) is 12.5. The fourth-order valence-electron chi connectivity index (χ4n) is 3.02. The van der Waals surface area contributed by atoms with Crippen molar-refractivity contribution in [1.29, 1.82) is 0 Å². The molecule has 0 aromatic heterocycles. The van der Waals surface area contributed by atoms with E-state index in [1.807, 2.05) is 0 Å². The number of rotatable bonds is 3. The Hall–Kier alpha value is -0.900. The first-order valence-electron chi connectivity index (χ1n) is 7.10. The summed E-state index contributed by atoms with van der Waals surface area (Å²) in [4.78, 5) is 2.47. The van der Waals surface area contributed by atoms with Crippen molar-refractivity contribution in [2.24, 2.45) is 5.73 Å². The normalized spacial score (nSPS) is 23.0. The van der Waals surface area contributed by atoms with Gasteiger partial charge >= 0.3 is 0 Å². The Morgan fingerprint density at radius 2 is 2.00 bits per heavy atom. The molecule has 2 atom stereocenters. The van der Waals surface area contributed by atoms with Crippen LogP contribution in [0.25, 0.3) is 0 Å². The Morgan fingerprint density at radius 3 is 2.58 bits per heavy atom. The Bertz CT molecular complexity index is 429. The third-order valence-electron chi connectivity index (χ3n) is 3.85. The number of benzene rings is 1. The van der Waals surface area contributed by atoms with Crippen LogP contribution >= 0.6 is 0 Å². The average molecular weight is 262 g/mol. The summed E-state index contributed by atoms with van der Waals surface area (Å²) < 4.78 is 5.81. The molecule has 3 heteroatoms. The number of aryl methyl sites for hydroxylation is 1. The fraction of sp³-hybridized carbons (Fsp3) is 0.625. The van der Waals surface area contributed by atoms with Crippen molar-refractivity contribution in [2.45, 2.75) is 45.4 Å². The van der Waals surface area contributed by atoms with E-state index in [1.54, 1.807) is 0 Å². The van der Waals surface area contributed by atoms with Gasteiger partial charge in [0.2, 0.25) is 0 Å². The molecule has 1 fully saturated rings. The second-order valence-electron chi connectivity index (χ2n) is 6.24. The molecule has 1 heterocycles. The predicted octanol–water partition coefficient (Wildman–Crippen LogP) is 2.49. The maximum absolute atomic E-state index is 6.27. The van der Waals surface area contributed by atoms with Crippen molar-refractivity contribution in [1.82, 2.24) is 4.90 Å². The van der Waals surface area contributed by atoms with E-state index < -0.39 is 0 Å². The fourth-order valence-corrected chi connectivity index (χ4v) is 3.02. The van der Waals surface area contributed by atoms with E-state index in [0.29, 0.717) is 0 Å². The number of hydrogen-bond donors (Lipinski definition) is 1. The van der Waals surface area contributed by atoms with Crippen molar-refractivity contribution in [3.63, 3.8) is 0 Å². The molecule has 0 radical (unpaired) electrons. The van der Waals surface area contributed by atoms with Crippen LogP contribution in [0.15, 0.2) is 24.3 Å². The van der Waals surface area contributed by atoms with Gasteiger partial charge in [0.25, 0.3) is 0 Å². The van der Waals surface area contributed by atoms with Crippen molar-refractivity contribution in [2.75, 3.05) is 19.7 Å². The van der Waals surface area contributed by atoms with Crippen LogP contribution in [0.1, 0.15) is 37.9 Å². The van der Waals surface area contributed by atoms with Crippen molar-refractivity contribution in [3.05, 3.63) is 35.4 Å². The summed E-state index contributed by atoms with van der Waals surface area (Å²) in [6.07, 6.45) is 0. The minimum atomic E-state index is -0.0892. The van der Waals surface area contributed by atoms with Gasteiger partial charge < -0.3 is 10.5 Å². The van der Waals surface area contributed by atoms with Crippen LogP contribution in [0.4, 0.5) is 0 Å². The molecule has 0 amide bonds. The Morgan fingerprint density at radius 1 is 1.32 bits per heavy atom. The maximum atomic E-state index is 6.27. The molecule has 0 saturated carbocycles. The van der Waals surface area contributed by atoms with Crippen LogP contribution in [-0.2, 0) is 4.74 Å². The van der Waals surface area contributed by atoms with Crippen LogP contribution in [0.5, 0.6) is 0 Å². The van der Waals surface area contributed by atoms with Gasteiger partial charge in [0.1, 0.15) is 0 Å². The summed E-state index contributed by atoms with van der Waals surface area (Å²) in [5.74, 6) is 0. The molecule has 0 spiro atoms. The average Bonchev–Trinajstić information content (AvgIpc) is 2.30.